The highest BCUT2D eigenvalue weighted by Crippen LogP contribution is 2.39. The molecule has 1 heterocycles. The second kappa shape index (κ2) is 5.79. The van der Waals surface area contributed by atoms with Crippen molar-refractivity contribution in [2.75, 3.05) is 11.4 Å². The predicted octanol–water partition coefficient (Wildman–Crippen LogP) is 2.74. The van der Waals surface area contributed by atoms with Crippen molar-refractivity contribution in [2.45, 2.75) is 24.3 Å². The van der Waals surface area contributed by atoms with Gasteiger partial charge in [-0.1, -0.05) is 18.2 Å². The number of hydrogen-bond donors (Lipinski definition) is 0. The van der Waals surface area contributed by atoms with E-state index < -0.39 is 14.9 Å². The third-order valence-corrected chi connectivity index (χ3v) is 5.99. The molecule has 1 unspecified atom stereocenters. The highest BCUT2D eigenvalue weighted by Gasteiger charge is 2.38. The average molecular weight is 348 g/mol. The van der Waals surface area contributed by atoms with Gasteiger partial charge in [0, 0.05) is 18.2 Å². The summed E-state index contributed by atoms with van der Waals surface area (Å²) in [6.07, 6.45) is 0.590. The molecule has 8 heteroatoms. The lowest BCUT2D eigenvalue weighted by atomic mass is 10.1. The lowest BCUT2D eigenvalue weighted by Gasteiger charge is -2.25. The van der Waals surface area contributed by atoms with Gasteiger partial charge in [0.25, 0.3) is 15.7 Å². The van der Waals surface area contributed by atoms with Crippen LogP contribution in [0.1, 0.15) is 12.5 Å². The van der Waals surface area contributed by atoms with E-state index in [1.54, 1.807) is 19.1 Å². The maximum absolute atomic E-state index is 13.2. The van der Waals surface area contributed by atoms with E-state index in [9.17, 15) is 18.5 Å². The largest absolute Gasteiger partial charge is 0.495 e. The Bertz CT molecular complexity index is 910. The number of benzene rings is 2. The van der Waals surface area contributed by atoms with Gasteiger partial charge in [0.2, 0.25) is 0 Å². The summed E-state index contributed by atoms with van der Waals surface area (Å²) >= 11 is 0. The number of nitro groups is 1. The number of sulfonamides is 1. The van der Waals surface area contributed by atoms with E-state index in [-0.39, 0.29) is 22.4 Å². The zero-order chi connectivity index (χ0) is 17.5. The molecule has 0 amide bonds. The summed E-state index contributed by atoms with van der Waals surface area (Å²) in [5, 5.41) is 11.0. The number of fused-ring (bicyclic) bond motifs is 1. The Labute approximate surface area is 139 Å². The van der Waals surface area contributed by atoms with Crippen molar-refractivity contribution < 1.29 is 18.1 Å². The Morgan fingerprint density at radius 3 is 2.62 bits per heavy atom. The molecule has 0 aromatic heterocycles. The summed E-state index contributed by atoms with van der Waals surface area (Å²) < 4.78 is 32.8. The normalized spacial score (nSPS) is 16.8. The Morgan fingerprint density at radius 2 is 1.96 bits per heavy atom. The summed E-state index contributed by atoms with van der Waals surface area (Å²) in [7, 11) is -2.66. The average Bonchev–Trinajstić information content (AvgIpc) is 2.90. The lowest BCUT2D eigenvalue weighted by Crippen LogP contribution is -2.35. The summed E-state index contributed by atoms with van der Waals surface area (Å²) in [5.41, 5.74) is 1.23. The molecule has 1 atom stereocenters. The molecule has 0 radical (unpaired) electrons. The molecule has 2 aromatic carbocycles. The summed E-state index contributed by atoms with van der Waals surface area (Å²) in [6, 6.07) is 10.5. The van der Waals surface area contributed by atoms with Crippen molar-refractivity contribution in [3.63, 3.8) is 0 Å². The van der Waals surface area contributed by atoms with E-state index in [0.717, 1.165) is 11.6 Å². The van der Waals surface area contributed by atoms with Crippen molar-refractivity contribution in [1.29, 1.82) is 0 Å². The first kappa shape index (κ1) is 16.3. The number of rotatable bonds is 4. The number of nitro benzene ring substituents is 1. The Balaban J connectivity index is 2.18. The van der Waals surface area contributed by atoms with Crippen LogP contribution in [-0.4, -0.2) is 26.5 Å². The highest BCUT2D eigenvalue weighted by molar-refractivity contribution is 7.93. The van der Waals surface area contributed by atoms with Gasteiger partial charge in [0.15, 0.2) is 0 Å². The van der Waals surface area contributed by atoms with E-state index in [2.05, 4.69) is 0 Å². The second-order valence-electron chi connectivity index (χ2n) is 5.57. The molecule has 3 rings (SSSR count). The van der Waals surface area contributed by atoms with Gasteiger partial charge in [-0.2, -0.15) is 0 Å². The fourth-order valence-corrected chi connectivity index (χ4v) is 4.86. The molecule has 24 heavy (non-hydrogen) atoms. The number of nitrogens with zero attached hydrogens (tertiary/aromatic N) is 2. The molecule has 0 spiro atoms. The lowest BCUT2D eigenvalue weighted by molar-refractivity contribution is -0.385. The van der Waals surface area contributed by atoms with Gasteiger partial charge < -0.3 is 4.74 Å². The van der Waals surface area contributed by atoms with Gasteiger partial charge in [-0.25, -0.2) is 8.42 Å². The molecular weight excluding hydrogens is 332 g/mol. The van der Waals surface area contributed by atoms with Crippen LogP contribution in [0.4, 0.5) is 11.4 Å². The van der Waals surface area contributed by atoms with Crippen LogP contribution in [-0.2, 0) is 16.4 Å². The van der Waals surface area contributed by atoms with Gasteiger partial charge in [-0.05, 0) is 31.0 Å². The third kappa shape index (κ3) is 2.48. The quantitative estimate of drug-likeness (QED) is 0.626. The van der Waals surface area contributed by atoms with Gasteiger partial charge in [0.1, 0.15) is 10.6 Å². The van der Waals surface area contributed by atoms with Gasteiger partial charge in [-0.3, -0.25) is 14.4 Å². The molecule has 7 nitrogen and oxygen atoms in total. The number of anilines is 1. The van der Waals surface area contributed by atoms with E-state index >= 15 is 0 Å². The molecule has 1 aliphatic heterocycles. The first-order chi connectivity index (χ1) is 11.4. The zero-order valence-electron chi connectivity index (χ0n) is 13.2. The van der Waals surface area contributed by atoms with Crippen LogP contribution in [0, 0.1) is 10.1 Å². The number of hydrogen-bond acceptors (Lipinski definition) is 5. The van der Waals surface area contributed by atoms with E-state index in [1.165, 1.54) is 23.5 Å². The van der Waals surface area contributed by atoms with Crippen LogP contribution in [0.15, 0.2) is 47.4 Å². The maximum Gasteiger partial charge on any atom is 0.271 e. The van der Waals surface area contributed by atoms with Crippen LogP contribution in [0.25, 0.3) is 0 Å². The molecule has 0 saturated heterocycles. The minimum absolute atomic E-state index is 0.0807. The Hall–Kier alpha value is -2.61. The number of ether oxygens (including phenoxy) is 1. The molecular formula is C16H16N2O5S. The Morgan fingerprint density at radius 1 is 1.25 bits per heavy atom. The van der Waals surface area contributed by atoms with Crippen LogP contribution >= 0.6 is 0 Å². The molecule has 0 aliphatic carbocycles. The van der Waals surface area contributed by atoms with Crippen LogP contribution in [0.5, 0.6) is 5.75 Å². The Kier molecular flexibility index (Phi) is 3.92. The first-order valence-corrected chi connectivity index (χ1v) is 8.75. The van der Waals surface area contributed by atoms with E-state index in [1.807, 2.05) is 12.1 Å². The molecule has 0 fully saturated rings. The smallest absolute Gasteiger partial charge is 0.271 e. The zero-order valence-corrected chi connectivity index (χ0v) is 14.0. The molecule has 0 N–H and O–H groups in total. The number of para-hydroxylation sites is 1. The minimum atomic E-state index is -4.00. The molecule has 0 saturated carbocycles. The number of methoxy groups -OCH3 is 1. The van der Waals surface area contributed by atoms with Gasteiger partial charge in [-0.15, -0.1) is 0 Å². The van der Waals surface area contributed by atoms with Crippen molar-refractivity contribution in [3.05, 3.63) is 58.1 Å². The summed E-state index contributed by atoms with van der Waals surface area (Å²) in [6.45, 7) is 1.81. The van der Waals surface area contributed by atoms with E-state index in [4.69, 9.17) is 4.74 Å². The molecule has 0 bridgehead atoms. The molecule has 126 valence electrons. The third-order valence-electron chi connectivity index (χ3n) is 4.04. The predicted molar refractivity (Wildman–Crippen MR) is 88.9 cm³/mol. The van der Waals surface area contributed by atoms with Crippen molar-refractivity contribution >= 4 is 21.4 Å². The van der Waals surface area contributed by atoms with Crippen LogP contribution in [0.2, 0.25) is 0 Å². The summed E-state index contributed by atoms with van der Waals surface area (Å²) in [5.74, 6) is 0.0807. The standard InChI is InChI=1S/C16H16N2O5S/c1-11-9-12-5-3-4-6-14(12)17(11)24(21,22)16-10-13(18(19)20)7-8-15(16)23-2/h3-8,10-11H,9H2,1-2H3. The van der Waals surface area contributed by atoms with Crippen molar-refractivity contribution in [1.82, 2.24) is 0 Å². The summed E-state index contributed by atoms with van der Waals surface area (Å²) in [4.78, 5) is 10.2. The van der Waals surface area contributed by atoms with Crippen molar-refractivity contribution in [2.24, 2.45) is 0 Å². The highest BCUT2D eigenvalue weighted by atomic mass is 32.2. The maximum atomic E-state index is 13.2. The number of non-ortho nitro benzene ring substituents is 1. The first-order valence-electron chi connectivity index (χ1n) is 7.31. The second-order valence-corrected chi connectivity index (χ2v) is 7.36. The van der Waals surface area contributed by atoms with Crippen LogP contribution < -0.4 is 9.04 Å². The van der Waals surface area contributed by atoms with Gasteiger partial charge in [0.05, 0.1) is 17.7 Å². The molecule has 2 aromatic rings. The van der Waals surface area contributed by atoms with Crippen molar-refractivity contribution in [3.8, 4) is 5.75 Å². The van der Waals surface area contributed by atoms with E-state index in [0.29, 0.717) is 12.1 Å². The van der Waals surface area contributed by atoms with Crippen LogP contribution in [0.3, 0.4) is 0 Å². The van der Waals surface area contributed by atoms with Gasteiger partial charge >= 0.3 is 0 Å². The topological polar surface area (TPSA) is 89.7 Å². The fraction of sp³-hybridized carbons (Fsp3) is 0.250. The SMILES string of the molecule is COc1ccc([N+](=O)[O-])cc1S(=O)(=O)N1c2ccccc2CC1C. The monoisotopic (exact) mass is 348 g/mol. The molecule has 1 aliphatic rings. The fourth-order valence-electron chi connectivity index (χ4n) is 2.99. The minimum Gasteiger partial charge on any atom is -0.495 e.